The van der Waals surface area contributed by atoms with Gasteiger partial charge >= 0.3 is 12.1 Å². The van der Waals surface area contributed by atoms with Crippen molar-refractivity contribution in [3.05, 3.63) is 35.4 Å². The van der Waals surface area contributed by atoms with Crippen LogP contribution in [0.2, 0.25) is 0 Å². The van der Waals surface area contributed by atoms with E-state index in [1.54, 1.807) is 0 Å². The van der Waals surface area contributed by atoms with Crippen LogP contribution < -0.4 is 5.32 Å². The van der Waals surface area contributed by atoms with Gasteiger partial charge in [-0.1, -0.05) is 18.2 Å². The van der Waals surface area contributed by atoms with Crippen molar-refractivity contribution in [1.82, 2.24) is 10.2 Å². The fourth-order valence-corrected chi connectivity index (χ4v) is 3.22. The molecule has 1 heterocycles. The van der Waals surface area contributed by atoms with Crippen LogP contribution in [0.15, 0.2) is 24.3 Å². The van der Waals surface area contributed by atoms with E-state index in [2.05, 4.69) is 24.1 Å². The summed E-state index contributed by atoms with van der Waals surface area (Å²) in [6.07, 6.45) is -3.59. The predicted molar refractivity (Wildman–Crippen MR) is 89.4 cm³/mol. The third-order valence-corrected chi connectivity index (χ3v) is 4.74. The number of halogens is 3. The molecule has 1 aliphatic rings. The highest BCUT2D eigenvalue weighted by molar-refractivity contribution is 5.86. The molecule has 0 bridgehead atoms. The van der Waals surface area contributed by atoms with Crippen molar-refractivity contribution in [1.29, 1.82) is 0 Å². The number of aliphatic carboxylic acids is 1. The quantitative estimate of drug-likeness (QED) is 0.834. The van der Waals surface area contributed by atoms with E-state index in [9.17, 15) is 27.9 Å². The van der Waals surface area contributed by atoms with E-state index in [4.69, 9.17) is 0 Å². The third-order valence-electron chi connectivity index (χ3n) is 4.74. The van der Waals surface area contributed by atoms with Crippen molar-refractivity contribution in [3.8, 4) is 0 Å². The maximum Gasteiger partial charge on any atom is 0.416 e. The van der Waals surface area contributed by atoms with Crippen molar-refractivity contribution in [2.45, 2.75) is 44.9 Å². The fourth-order valence-electron chi connectivity index (χ4n) is 3.22. The minimum atomic E-state index is -4.70. The topological polar surface area (TPSA) is 69.6 Å². The number of benzene rings is 1. The zero-order valence-corrected chi connectivity index (χ0v) is 14.7. The number of alkyl halides is 3. The molecule has 2 rings (SSSR count). The van der Waals surface area contributed by atoms with Crippen LogP contribution >= 0.6 is 0 Å². The van der Waals surface area contributed by atoms with Gasteiger partial charge in [0.25, 0.3) is 0 Å². The lowest BCUT2D eigenvalue weighted by atomic mass is 9.93. The Morgan fingerprint density at radius 2 is 1.77 bits per heavy atom. The first kappa shape index (κ1) is 20.2. The Labute approximate surface area is 150 Å². The van der Waals surface area contributed by atoms with E-state index >= 15 is 0 Å². The van der Waals surface area contributed by atoms with Gasteiger partial charge in [-0.05, 0) is 51.4 Å². The van der Waals surface area contributed by atoms with Gasteiger partial charge in [-0.15, -0.1) is 0 Å². The number of carboxylic acid groups (broad SMARTS) is 1. The molecule has 26 heavy (non-hydrogen) atoms. The third kappa shape index (κ3) is 4.75. The summed E-state index contributed by atoms with van der Waals surface area (Å²) in [6.45, 7) is 5.50. The number of carbonyl (C=O) groups excluding carboxylic acids is 1. The van der Waals surface area contributed by atoms with Crippen LogP contribution in [0.4, 0.5) is 13.2 Å². The standard InChI is InChI=1S/C18H23F3N2O3/c1-11(2)23-9-7-12(8-10-23)16(24)22-15(17(25)26)13-5-3-4-6-14(13)18(19,20)21/h3-6,11-12,15H,7-10H2,1-2H3,(H,22,24)(H,25,26). The Bertz CT molecular complexity index is 653. The molecule has 0 spiro atoms. The Morgan fingerprint density at radius 1 is 1.19 bits per heavy atom. The van der Waals surface area contributed by atoms with Crippen molar-refractivity contribution in [3.63, 3.8) is 0 Å². The maximum absolute atomic E-state index is 13.2. The molecule has 1 fully saturated rings. The van der Waals surface area contributed by atoms with Crippen molar-refractivity contribution in [2.24, 2.45) is 5.92 Å². The summed E-state index contributed by atoms with van der Waals surface area (Å²) in [5.41, 5.74) is -1.51. The second kappa shape index (κ2) is 8.07. The first-order chi connectivity index (χ1) is 12.1. The molecule has 1 atom stereocenters. The van der Waals surface area contributed by atoms with Crippen LogP contribution in [0.5, 0.6) is 0 Å². The highest BCUT2D eigenvalue weighted by atomic mass is 19.4. The second-order valence-corrected chi connectivity index (χ2v) is 6.77. The number of carboxylic acids is 1. The van der Waals surface area contributed by atoms with Crippen LogP contribution in [0.3, 0.4) is 0 Å². The number of nitrogens with one attached hydrogen (secondary N) is 1. The summed E-state index contributed by atoms with van der Waals surface area (Å²) in [4.78, 5) is 26.2. The van der Waals surface area contributed by atoms with Crippen LogP contribution in [0, 0.1) is 5.92 Å². The average Bonchev–Trinajstić information content (AvgIpc) is 2.58. The monoisotopic (exact) mass is 372 g/mol. The van der Waals surface area contributed by atoms with Crippen molar-refractivity contribution < 1.29 is 27.9 Å². The number of hydrogen-bond acceptors (Lipinski definition) is 3. The summed E-state index contributed by atoms with van der Waals surface area (Å²) < 4.78 is 39.5. The van der Waals surface area contributed by atoms with Crippen LogP contribution in [-0.4, -0.2) is 41.0 Å². The van der Waals surface area contributed by atoms with Gasteiger partial charge in [0, 0.05) is 12.0 Å². The fraction of sp³-hybridized carbons (Fsp3) is 0.556. The van der Waals surface area contributed by atoms with Crippen molar-refractivity contribution >= 4 is 11.9 Å². The molecule has 1 amide bonds. The molecule has 144 valence electrons. The van der Waals surface area contributed by atoms with E-state index in [1.165, 1.54) is 12.1 Å². The molecule has 5 nitrogen and oxygen atoms in total. The Kier molecular flexibility index (Phi) is 6.28. The number of carbonyl (C=O) groups is 2. The molecule has 0 radical (unpaired) electrons. The van der Waals surface area contributed by atoms with Gasteiger partial charge in [0.1, 0.15) is 0 Å². The molecule has 1 saturated heterocycles. The van der Waals surface area contributed by atoms with Gasteiger partial charge in [0.05, 0.1) is 5.56 Å². The summed E-state index contributed by atoms with van der Waals surface area (Å²) in [5, 5.41) is 11.7. The summed E-state index contributed by atoms with van der Waals surface area (Å²) in [5.74, 6) is -2.43. The minimum absolute atomic E-state index is 0.351. The smallest absolute Gasteiger partial charge is 0.416 e. The number of hydrogen-bond donors (Lipinski definition) is 2. The zero-order valence-electron chi connectivity index (χ0n) is 14.7. The first-order valence-corrected chi connectivity index (χ1v) is 8.54. The van der Waals surface area contributed by atoms with E-state index < -0.39 is 41.1 Å². The number of amides is 1. The summed E-state index contributed by atoms with van der Waals surface area (Å²) in [6, 6.07) is 3.04. The number of rotatable bonds is 5. The van der Waals surface area contributed by atoms with Crippen molar-refractivity contribution in [2.75, 3.05) is 13.1 Å². The van der Waals surface area contributed by atoms with Gasteiger partial charge in [0.2, 0.25) is 5.91 Å². The minimum Gasteiger partial charge on any atom is -0.479 e. The van der Waals surface area contributed by atoms with Gasteiger partial charge in [-0.3, -0.25) is 4.79 Å². The molecular formula is C18H23F3N2O3. The molecule has 1 aromatic carbocycles. The molecule has 0 aliphatic carbocycles. The van der Waals surface area contributed by atoms with E-state index in [0.717, 1.165) is 12.1 Å². The Hall–Kier alpha value is -2.09. The molecule has 2 N–H and O–H groups in total. The molecule has 1 aromatic rings. The van der Waals surface area contributed by atoms with E-state index in [0.29, 0.717) is 32.0 Å². The predicted octanol–water partition coefficient (Wildman–Crippen LogP) is 3.07. The molecule has 1 unspecified atom stereocenters. The van der Waals surface area contributed by atoms with Gasteiger partial charge < -0.3 is 15.3 Å². The second-order valence-electron chi connectivity index (χ2n) is 6.77. The zero-order chi connectivity index (χ0) is 19.5. The lowest BCUT2D eigenvalue weighted by Gasteiger charge is -2.34. The lowest BCUT2D eigenvalue weighted by Crippen LogP contribution is -2.45. The lowest BCUT2D eigenvalue weighted by molar-refractivity contribution is -0.145. The van der Waals surface area contributed by atoms with E-state index in [-0.39, 0.29) is 0 Å². The highest BCUT2D eigenvalue weighted by Gasteiger charge is 2.38. The molecule has 8 heteroatoms. The van der Waals surface area contributed by atoms with Crippen LogP contribution in [0.25, 0.3) is 0 Å². The maximum atomic E-state index is 13.2. The highest BCUT2D eigenvalue weighted by Crippen LogP contribution is 2.35. The average molecular weight is 372 g/mol. The number of piperidine rings is 1. The number of likely N-dealkylation sites (tertiary alicyclic amines) is 1. The molecule has 0 saturated carbocycles. The summed E-state index contributed by atoms with van der Waals surface area (Å²) in [7, 11) is 0. The molecule has 0 aromatic heterocycles. The largest absolute Gasteiger partial charge is 0.479 e. The van der Waals surface area contributed by atoms with Gasteiger partial charge in [-0.25, -0.2) is 4.79 Å². The van der Waals surface area contributed by atoms with E-state index in [1.807, 2.05) is 0 Å². The van der Waals surface area contributed by atoms with Gasteiger partial charge in [-0.2, -0.15) is 13.2 Å². The van der Waals surface area contributed by atoms with Crippen LogP contribution in [-0.2, 0) is 15.8 Å². The molecule has 1 aliphatic heterocycles. The van der Waals surface area contributed by atoms with Gasteiger partial charge in [0.15, 0.2) is 6.04 Å². The first-order valence-electron chi connectivity index (χ1n) is 8.54. The Morgan fingerprint density at radius 3 is 2.27 bits per heavy atom. The Balaban J connectivity index is 2.15. The normalized spacial score (nSPS) is 17.9. The SMILES string of the molecule is CC(C)N1CCC(C(=O)NC(C(=O)O)c2ccccc2C(F)(F)F)CC1. The summed E-state index contributed by atoms with van der Waals surface area (Å²) >= 11 is 0. The number of nitrogens with zero attached hydrogens (tertiary/aromatic N) is 1. The molecular weight excluding hydrogens is 349 g/mol. The van der Waals surface area contributed by atoms with Crippen LogP contribution in [0.1, 0.15) is 43.9 Å².